The van der Waals surface area contributed by atoms with Crippen LogP contribution in [-0.2, 0) is 0 Å². The first-order chi connectivity index (χ1) is 9.40. The molecule has 2 fully saturated rings. The Morgan fingerprint density at radius 2 is 2.00 bits per heavy atom. The molecule has 0 bridgehead atoms. The lowest BCUT2D eigenvalue weighted by Crippen LogP contribution is -2.27. The van der Waals surface area contributed by atoms with Crippen LogP contribution in [0.3, 0.4) is 0 Å². The average Bonchev–Trinajstić information content (AvgIpc) is 3.20. The maximum atomic E-state index is 4.51. The van der Waals surface area contributed by atoms with Crippen LogP contribution in [0.5, 0.6) is 0 Å². The SMILES string of the molecule is c1cnc2c(NC3CCN(C4CC4)C3)cccc2c1. The van der Waals surface area contributed by atoms with Gasteiger partial charge < -0.3 is 5.32 Å². The Kier molecular flexibility index (Phi) is 2.66. The van der Waals surface area contributed by atoms with Gasteiger partial charge in [-0.2, -0.15) is 0 Å². The summed E-state index contributed by atoms with van der Waals surface area (Å²) in [5.41, 5.74) is 2.27. The smallest absolute Gasteiger partial charge is 0.0933 e. The number of aromatic nitrogens is 1. The Morgan fingerprint density at radius 1 is 1.11 bits per heavy atom. The molecule has 3 heteroatoms. The number of fused-ring (bicyclic) bond motifs is 1. The fraction of sp³-hybridized carbons (Fsp3) is 0.438. The molecule has 19 heavy (non-hydrogen) atoms. The minimum atomic E-state index is 0.577. The second-order valence-corrected chi connectivity index (χ2v) is 5.74. The van der Waals surface area contributed by atoms with Crippen LogP contribution in [0.25, 0.3) is 10.9 Å². The zero-order valence-electron chi connectivity index (χ0n) is 11.0. The number of rotatable bonds is 3. The summed E-state index contributed by atoms with van der Waals surface area (Å²) in [6, 6.07) is 12.0. The quantitative estimate of drug-likeness (QED) is 0.911. The highest BCUT2D eigenvalue weighted by Crippen LogP contribution is 2.31. The van der Waals surface area contributed by atoms with E-state index in [-0.39, 0.29) is 0 Å². The molecule has 0 spiro atoms. The Hall–Kier alpha value is -1.61. The van der Waals surface area contributed by atoms with Gasteiger partial charge in [0.1, 0.15) is 0 Å². The standard InChI is InChI=1S/C16H19N3/c1-3-12-4-2-9-17-16(12)15(5-1)18-13-8-10-19(11-13)14-6-7-14/h1-5,9,13-14,18H,6-8,10-11H2. The van der Waals surface area contributed by atoms with Gasteiger partial charge in [-0.05, 0) is 31.4 Å². The second kappa shape index (κ2) is 4.49. The molecule has 1 atom stereocenters. The van der Waals surface area contributed by atoms with Gasteiger partial charge in [0.2, 0.25) is 0 Å². The van der Waals surface area contributed by atoms with Gasteiger partial charge in [0.15, 0.2) is 0 Å². The van der Waals surface area contributed by atoms with E-state index in [0.717, 1.165) is 11.6 Å². The van der Waals surface area contributed by atoms with Crippen molar-refractivity contribution >= 4 is 16.6 Å². The van der Waals surface area contributed by atoms with E-state index in [9.17, 15) is 0 Å². The Labute approximate surface area is 113 Å². The van der Waals surface area contributed by atoms with Gasteiger partial charge in [-0.3, -0.25) is 9.88 Å². The number of nitrogens with zero attached hydrogens (tertiary/aromatic N) is 2. The predicted molar refractivity (Wildman–Crippen MR) is 78.4 cm³/mol. The molecule has 2 aromatic rings. The van der Waals surface area contributed by atoms with Crippen molar-refractivity contribution in [2.75, 3.05) is 18.4 Å². The lowest BCUT2D eigenvalue weighted by Gasteiger charge is -2.17. The molecule has 1 unspecified atom stereocenters. The highest BCUT2D eigenvalue weighted by molar-refractivity contribution is 5.90. The molecular formula is C16H19N3. The van der Waals surface area contributed by atoms with Crippen molar-refractivity contribution < 1.29 is 0 Å². The zero-order valence-corrected chi connectivity index (χ0v) is 11.0. The third-order valence-electron chi connectivity index (χ3n) is 4.28. The van der Waals surface area contributed by atoms with E-state index in [4.69, 9.17) is 0 Å². The van der Waals surface area contributed by atoms with Gasteiger partial charge in [0.25, 0.3) is 0 Å². The fourth-order valence-electron chi connectivity index (χ4n) is 3.12. The molecule has 2 heterocycles. The van der Waals surface area contributed by atoms with Crippen LogP contribution in [0.15, 0.2) is 36.5 Å². The molecule has 0 amide bonds. The second-order valence-electron chi connectivity index (χ2n) is 5.74. The maximum Gasteiger partial charge on any atom is 0.0933 e. The van der Waals surface area contributed by atoms with E-state index >= 15 is 0 Å². The number of benzene rings is 1. The first kappa shape index (κ1) is 11.2. The summed E-state index contributed by atoms with van der Waals surface area (Å²) in [4.78, 5) is 7.15. The first-order valence-electron chi connectivity index (χ1n) is 7.24. The van der Waals surface area contributed by atoms with Crippen molar-refractivity contribution in [2.24, 2.45) is 0 Å². The Bertz CT molecular complexity index is 586. The highest BCUT2D eigenvalue weighted by atomic mass is 15.2. The molecule has 1 N–H and O–H groups in total. The average molecular weight is 253 g/mol. The lowest BCUT2D eigenvalue weighted by atomic mass is 10.1. The summed E-state index contributed by atoms with van der Waals surface area (Å²) in [5, 5.41) is 4.90. The van der Waals surface area contributed by atoms with E-state index in [1.807, 2.05) is 12.3 Å². The third-order valence-corrected chi connectivity index (χ3v) is 4.28. The van der Waals surface area contributed by atoms with Gasteiger partial charge in [0, 0.05) is 36.8 Å². The summed E-state index contributed by atoms with van der Waals surface area (Å²) < 4.78 is 0. The number of para-hydroxylation sites is 1. The van der Waals surface area contributed by atoms with Crippen molar-refractivity contribution in [3.8, 4) is 0 Å². The van der Waals surface area contributed by atoms with Crippen molar-refractivity contribution in [1.82, 2.24) is 9.88 Å². The van der Waals surface area contributed by atoms with Gasteiger partial charge >= 0.3 is 0 Å². The van der Waals surface area contributed by atoms with Crippen molar-refractivity contribution in [3.05, 3.63) is 36.5 Å². The third kappa shape index (κ3) is 2.19. The molecule has 4 rings (SSSR count). The Morgan fingerprint density at radius 3 is 2.89 bits per heavy atom. The van der Waals surface area contributed by atoms with Crippen LogP contribution in [0.1, 0.15) is 19.3 Å². The molecule has 1 saturated heterocycles. The van der Waals surface area contributed by atoms with Gasteiger partial charge in [-0.15, -0.1) is 0 Å². The number of hydrogen-bond acceptors (Lipinski definition) is 3. The monoisotopic (exact) mass is 253 g/mol. The van der Waals surface area contributed by atoms with Gasteiger partial charge in [-0.25, -0.2) is 0 Å². The minimum absolute atomic E-state index is 0.577. The molecule has 1 aromatic carbocycles. The summed E-state index contributed by atoms with van der Waals surface area (Å²) in [5.74, 6) is 0. The summed E-state index contributed by atoms with van der Waals surface area (Å²) in [7, 11) is 0. The number of hydrogen-bond donors (Lipinski definition) is 1. The van der Waals surface area contributed by atoms with Crippen LogP contribution >= 0.6 is 0 Å². The molecule has 98 valence electrons. The van der Waals surface area contributed by atoms with Crippen molar-refractivity contribution in [1.29, 1.82) is 0 Å². The summed E-state index contributed by atoms with van der Waals surface area (Å²) in [6.07, 6.45) is 5.93. The predicted octanol–water partition coefficient (Wildman–Crippen LogP) is 2.88. The van der Waals surface area contributed by atoms with Crippen molar-refractivity contribution in [2.45, 2.75) is 31.3 Å². The number of likely N-dealkylation sites (tertiary alicyclic amines) is 1. The van der Waals surface area contributed by atoms with E-state index < -0.39 is 0 Å². The van der Waals surface area contributed by atoms with E-state index in [2.05, 4.69) is 39.5 Å². The number of pyridine rings is 1. The molecule has 2 aliphatic rings. The number of anilines is 1. The topological polar surface area (TPSA) is 28.2 Å². The Balaban J connectivity index is 1.55. The van der Waals surface area contributed by atoms with Crippen LogP contribution < -0.4 is 5.32 Å². The molecule has 1 aliphatic carbocycles. The maximum absolute atomic E-state index is 4.51. The van der Waals surface area contributed by atoms with E-state index in [1.165, 1.54) is 43.4 Å². The highest BCUT2D eigenvalue weighted by Gasteiger charge is 2.34. The van der Waals surface area contributed by atoms with Crippen LogP contribution in [0.2, 0.25) is 0 Å². The number of nitrogens with one attached hydrogen (secondary N) is 1. The van der Waals surface area contributed by atoms with Gasteiger partial charge in [-0.1, -0.05) is 18.2 Å². The van der Waals surface area contributed by atoms with E-state index in [0.29, 0.717) is 6.04 Å². The normalized spacial score (nSPS) is 23.9. The summed E-state index contributed by atoms with van der Waals surface area (Å²) >= 11 is 0. The lowest BCUT2D eigenvalue weighted by molar-refractivity contribution is 0.326. The summed E-state index contributed by atoms with van der Waals surface area (Å²) in [6.45, 7) is 2.44. The first-order valence-corrected chi connectivity index (χ1v) is 7.24. The fourth-order valence-corrected chi connectivity index (χ4v) is 3.12. The molecular weight excluding hydrogens is 234 g/mol. The van der Waals surface area contributed by atoms with Crippen LogP contribution in [-0.4, -0.2) is 35.1 Å². The van der Waals surface area contributed by atoms with Gasteiger partial charge in [0.05, 0.1) is 11.2 Å². The molecule has 0 radical (unpaired) electrons. The molecule has 1 saturated carbocycles. The molecule has 1 aliphatic heterocycles. The van der Waals surface area contributed by atoms with Crippen LogP contribution in [0.4, 0.5) is 5.69 Å². The zero-order chi connectivity index (χ0) is 12.7. The molecule has 1 aromatic heterocycles. The van der Waals surface area contributed by atoms with Crippen molar-refractivity contribution in [3.63, 3.8) is 0 Å². The largest absolute Gasteiger partial charge is 0.379 e. The molecule has 3 nitrogen and oxygen atoms in total. The minimum Gasteiger partial charge on any atom is -0.379 e. The van der Waals surface area contributed by atoms with E-state index in [1.54, 1.807) is 0 Å². The van der Waals surface area contributed by atoms with Crippen LogP contribution in [0, 0.1) is 0 Å².